The van der Waals surface area contributed by atoms with Gasteiger partial charge in [0.1, 0.15) is 12.7 Å². The molecule has 0 aliphatic carbocycles. The summed E-state index contributed by atoms with van der Waals surface area (Å²) in [6.07, 6.45) is -11.7. The molecule has 340 valence electrons. The van der Waals surface area contributed by atoms with E-state index in [-0.39, 0.29) is 19.3 Å². The molecule has 0 aliphatic rings. The van der Waals surface area contributed by atoms with Crippen molar-refractivity contribution in [3.63, 3.8) is 0 Å². The third kappa shape index (κ3) is 10.6. The van der Waals surface area contributed by atoms with Crippen molar-refractivity contribution in [3.05, 3.63) is 0 Å². The fraction of sp³-hybridized carbons (Fsp3) is 0.933. The van der Waals surface area contributed by atoms with Crippen LogP contribution in [0.2, 0.25) is 0 Å². The second-order valence-corrected chi connectivity index (χ2v) is 12.7. The zero-order chi connectivity index (χ0) is 45.5. The quantitative estimate of drug-likeness (QED) is 0.0493. The van der Waals surface area contributed by atoms with Crippen molar-refractivity contribution in [2.75, 3.05) is 6.61 Å². The van der Waals surface area contributed by atoms with Gasteiger partial charge in [0.15, 0.2) is 0 Å². The Morgan fingerprint density at radius 2 is 0.702 bits per heavy atom. The van der Waals surface area contributed by atoms with E-state index in [9.17, 15) is 111 Å². The molecular weight excluding hydrogens is 861 g/mol. The maximum atomic E-state index is 14.8. The number of unbranched alkanes of at least 4 members (excludes halogenated alkanes) is 8. The van der Waals surface area contributed by atoms with Gasteiger partial charge in [0.05, 0.1) is 6.42 Å². The molecule has 0 spiro atoms. The molecule has 57 heavy (non-hydrogen) atoms. The number of rotatable bonds is 26. The molecule has 0 rings (SSSR count). The van der Waals surface area contributed by atoms with Crippen LogP contribution in [0.3, 0.4) is 0 Å². The Hall–Kier alpha value is -2.67. The van der Waals surface area contributed by atoms with Crippen LogP contribution in [-0.2, 0) is 19.1 Å². The van der Waals surface area contributed by atoms with Crippen LogP contribution in [-0.4, -0.2) is 90.1 Å². The maximum Gasteiger partial charge on any atom is 0.460 e. The highest BCUT2D eigenvalue weighted by atomic mass is 19.4. The number of alkyl halides is 23. The highest BCUT2D eigenvalue weighted by molar-refractivity contribution is 5.70. The summed E-state index contributed by atoms with van der Waals surface area (Å²) in [5.41, 5.74) is 0. The number of carbonyl (C=O) groups excluding carboxylic acids is 2. The minimum absolute atomic E-state index is 0.0306. The molecule has 0 aromatic carbocycles. The monoisotopic (exact) mass is 896 g/mol. The van der Waals surface area contributed by atoms with Crippen LogP contribution in [0.4, 0.5) is 101 Å². The van der Waals surface area contributed by atoms with Crippen LogP contribution >= 0.6 is 0 Å². The van der Waals surface area contributed by atoms with E-state index in [1.165, 1.54) is 0 Å². The van der Waals surface area contributed by atoms with E-state index in [4.69, 9.17) is 0 Å². The lowest BCUT2D eigenvalue weighted by Crippen LogP contribution is -2.77. The molecule has 0 amide bonds. The van der Waals surface area contributed by atoms with Gasteiger partial charge in [0.2, 0.25) is 0 Å². The lowest BCUT2D eigenvalue weighted by molar-refractivity contribution is -0.478. The molecule has 0 N–H and O–H groups in total. The molecule has 0 saturated heterocycles. The molecule has 0 heterocycles. The summed E-state index contributed by atoms with van der Waals surface area (Å²) in [5, 5.41) is 0. The predicted molar refractivity (Wildman–Crippen MR) is 148 cm³/mol. The fourth-order valence-corrected chi connectivity index (χ4v) is 4.59. The second-order valence-electron chi connectivity index (χ2n) is 12.7. The Balaban J connectivity index is 6.86. The molecule has 0 aromatic heterocycles. The summed E-state index contributed by atoms with van der Waals surface area (Å²) in [6.45, 7) is 1.74. The topological polar surface area (TPSA) is 52.6 Å². The Bertz CT molecular complexity index is 1300. The van der Waals surface area contributed by atoms with Gasteiger partial charge in [-0.2, -0.15) is 101 Å². The molecular formula is C30H35F23O4. The van der Waals surface area contributed by atoms with Crippen LogP contribution in [0.15, 0.2) is 0 Å². The largest absolute Gasteiger partial charge is 0.462 e. The lowest BCUT2D eigenvalue weighted by Gasteiger charge is -2.45. The SMILES string of the molecule is CCCCCCCC(=O)OCC(CC(F)(F)C(F)(F)C(F)(F)C(F)(F)C(F)(F)C(F)(F)C(F)(F)C(F)(F)C(F)(F)C(F)(F)C(F)(F)F)OC(=O)CCCCCCC. The van der Waals surface area contributed by atoms with Crippen molar-refractivity contribution in [2.24, 2.45) is 0 Å². The zero-order valence-corrected chi connectivity index (χ0v) is 29.3. The van der Waals surface area contributed by atoms with Crippen molar-refractivity contribution in [1.82, 2.24) is 0 Å². The van der Waals surface area contributed by atoms with Gasteiger partial charge in [-0.15, -0.1) is 0 Å². The minimum Gasteiger partial charge on any atom is -0.462 e. The average molecular weight is 897 g/mol. The van der Waals surface area contributed by atoms with E-state index in [1.807, 2.05) is 0 Å². The van der Waals surface area contributed by atoms with Gasteiger partial charge in [-0.3, -0.25) is 9.59 Å². The Morgan fingerprint density at radius 3 is 1.04 bits per heavy atom. The van der Waals surface area contributed by atoms with Crippen molar-refractivity contribution in [1.29, 1.82) is 0 Å². The van der Waals surface area contributed by atoms with Crippen LogP contribution in [0.25, 0.3) is 0 Å². The third-order valence-electron chi connectivity index (χ3n) is 8.15. The molecule has 4 nitrogen and oxygen atoms in total. The van der Waals surface area contributed by atoms with Gasteiger partial charge in [-0.25, -0.2) is 0 Å². The van der Waals surface area contributed by atoms with Crippen LogP contribution in [0, 0.1) is 0 Å². The first-order chi connectivity index (χ1) is 25.3. The summed E-state index contributed by atoms with van der Waals surface area (Å²) in [4.78, 5) is 24.1. The fourth-order valence-electron chi connectivity index (χ4n) is 4.59. The first-order valence-corrected chi connectivity index (χ1v) is 16.5. The first-order valence-electron chi connectivity index (χ1n) is 16.5. The number of hydrogen-bond acceptors (Lipinski definition) is 4. The van der Waals surface area contributed by atoms with E-state index < -0.39 is 109 Å². The third-order valence-corrected chi connectivity index (χ3v) is 8.15. The predicted octanol–water partition coefficient (Wildman–Crippen LogP) is 12.5. The molecule has 0 fully saturated rings. The van der Waals surface area contributed by atoms with Gasteiger partial charge >= 0.3 is 77.3 Å². The molecule has 0 radical (unpaired) electrons. The molecule has 0 bridgehead atoms. The van der Waals surface area contributed by atoms with Gasteiger partial charge < -0.3 is 9.47 Å². The molecule has 1 atom stereocenters. The zero-order valence-electron chi connectivity index (χ0n) is 29.3. The van der Waals surface area contributed by atoms with E-state index in [2.05, 4.69) is 9.47 Å². The average Bonchev–Trinajstić information content (AvgIpc) is 3.05. The first kappa shape index (κ1) is 54.3. The van der Waals surface area contributed by atoms with Gasteiger partial charge in [-0.1, -0.05) is 65.2 Å². The minimum atomic E-state index is -9.51. The highest BCUT2D eigenvalue weighted by Gasteiger charge is 2.98. The van der Waals surface area contributed by atoms with Gasteiger partial charge in [0.25, 0.3) is 0 Å². The lowest BCUT2D eigenvalue weighted by atomic mass is 9.84. The summed E-state index contributed by atoms with van der Waals surface area (Å²) in [7, 11) is 0. The van der Waals surface area contributed by atoms with E-state index in [1.54, 1.807) is 13.8 Å². The van der Waals surface area contributed by atoms with Gasteiger partial charge in [-0.05, 0) is 12.8 Å². The molecule has 0 aromatic rings. The van der Waals surface area contributed by atoms with Crippen molar-refractivity contribution in [3.8, 4) is 0 Å². The smallest absolute Gasteiger partial charge is 0.460 e. The summed E-state index contributed by atoms with van der Waals surface area (Å²) < 4.78 is 326. The van der Waals surface area contributed by atoms with Gasteiger partial charge in [0, 0.05) is 12.8 Å². The summed E-state index contributed by atoms with van der Waals surface area (Å²) in [6, 6.07) is 0. The van der Waals surface area contributed by atoms with Crippen LogP contribution in [0.1, 0.15) is 97.3 Å². The number of hydrogen-bond donors (Lipinski definition) is 0. The van der Waals surface area contributed by atoms with Crippen molar-refractivity contribution < 1.29 is 120 Å². The maximum absolute atomic E-state index is 14.8. The Morgan fingerprint density at radius 1 is 0.404 bits per heavy atom. The summed E-state index contributed by atoms with van der Waals surface area (Å²) >= 11 is 0. The van der Waals surface area contributed by atoms with E-state index in [0.717, 1.165) is 0 Å². The normalized spacial score (nSPS) is 15.5. The molecule has 0 saturated carbocycles. The Kier molecular flexibility index (Phi) is 17.8. The standard InChI is InChI=1S/C30H35F23O4/c1-3-5-7-9-11-13-18(54)56-16-17(57-19(55)14-12-10-8-6-4-2)15-20(31,32)21(33,34)22(35,36)23(37,38)24(39,40)25(41,42)26(43,44)27(45,46)28(47,48)29(49,50)30(51,52)53/h17H,3-16H2,1-2H3. The molecule has 1 unspecified atom stereocenters. The second kappa shape index (κ2) is 18.7. The Labute approximate surface area is 308 Å². The van der Waals surface area contributed by atoms with Crippen molar-refractivity contribution >= 4 is 11.9 Å². The van der Waals surface area contributed by atoms with Crippen LogP contribution in [0.5, 0.6) is 0 Å². The number of ether oxygens (including phenoxy) is 2. The van der Waals surface area contributed by atoms with E-state index in [0.29, 0.717) is 44.9 Å². The number of esters is 2. The number of carbonyl (C=O) groups is 2. The summed E-state index contributed by atoms with van der Waals surface area (Å²) in [5.74, 6) is -92.0. The highest BCUT2D eigenvalue weighted by Crippen LogP contribution is 2.67. The van der Waals surface area contributed by atoms with Crippen molar-refractivity contribution in [2.45, 2.75) is 169 Å². The van der Waals surface area contributed by atoms with Crippen LogP contribution < -0.4 is 0 Å². The molecule has 27 heteroatoms. The van der Waals surface area contributed by atoms with E-state index >= 15 is 0 Å². The molecule has 0 aliphatic heterocycles. The number of halogens is 23.